The molecule has 0 N–H and O–H groups in total. The second kappa shape index (κ2) is 11.8. The highest BCUT2D eigenvalue weighted by molar-refractivity contribution is 6.90. The molecule has 1 aliphatic carbocycles. The van der Waals surface area contributed by atoms with Crippen LogP contribution in [0.25, 0.3) is 87.9 Å². The molecule has 0 saturated heterocycles. The molecule has 64 heavy (non-hydrogen) atoms. The lowest BCUT2D eigenvalue weighted by Gasteiger charge is -2.42. The number of fused-ring (bicyclic) bond motifs is 17. The molecule has 3 aliphatic rings. The molecule has 4 nitrogen and oxygen atoms in total. The maximum Gasteiger partial charge on any atom is 0.333 e. The number of furan rings is 2. The van der Waals surface area contributed by atoms with E-state index < -0.39 is 0 Å². The molecule has 2 aliphatic heterocycles. The van der Waals surface area contributed by atoms with E-state index in [0.717, 1.165) is 49.6 Å². The number of aromatic nitrogens is 1. The Balaban J connectivity index is 1.21. The summed E-state index contributed by atoms with van der Waals surface area (Å²) in [7, 11) is 0. The molecule has 0 bridgehead atoms. The van der Waals surface area contributed by atoms with Gasteiger partial charge in [0.25, 0.3) is 0 Å². The van der Waals surface area contributed by atoms with Gasteiger partial charge in [-0.2, -0.15) is 0 Å². The van der Waals surface area contributed by atoms with Crippen molar-refractivity contribution >= 4 is 101 Å². The van der Waals surface area contributed by atoms with E-state index >= 15 is 0 Å². The maximum atomic E-state index is 6.81. The van der Waals surface area contributed by atoms with Crippen molar-refractivity contribution in [2.45, 2.75) is 71.6 Å². The summed E-state index contributed by atoms with van der Waals surface area (Å²) in [5.41, 5.74) is 22.6. The first-order valence-corrected chi connectivity index (χ1v) is 22.9. The van der Waals surface area contributed by atoms with Crippen molar-refractivity contribution in [2.75, 3.05) is 4.90 Å². The van der Waals surface area contributed by atoms with E-state index in [2.05, 4.69) is 204 Å². The number of benzene rings is 8. The standard InChI is InChI=1S/C59H47BN2O2/c1-57(2,3)32-21-23-47-38(25-32)42-26-33(58(4,5)6)27-43-41-29-45-53(37-17-9-12-18-44(37)59(45,7)8)56-54(41)60(62(47)55(42)43)46-31-52-40(36-16-11-14-20-50(36)64-52)30-48(46)61(56)34-22-24-51-39(28-34)35-15-10-13-19-49(35)63-51/h9-31H,1-8H3. The first-order valence-electron chi connectivity index (χ1n) is 22.9. The fraction of sp³-hybridized carbons (Fsp3) is 0.186. The Morgan fingerprint density at radius 2 is 1.16 bits per heavy atom. The second-order valence-corrected chi connectivity index (χ2v) is 21.3. The third-order valence-electron chi connectivity index (χ3n) is 15.2. The third kappa shape index (κ3) is 4.54. The molecule has 0 saturated carbocycles. The number of rotatable bonds is 1. The van der Waals surface area contributed by atoms with Crippen LogP contribution in [0.2, 0.25) is 0 Å². The number of hydrogen-bond acceptors (Lipinski definition) is 3. The summed E-state index contributed by atoms with van der Waals surface area (Å²) < 4.78 is 16.0. The molecule has 0 amide bonds. The van der Waals surface area contributed by atoms with E-state index in [0.29, 0.717) is 0 Å². The summed E-state index contributed by atoms with van der Waals surface area (Å²) in [6, 6.07) is 52.6. The lowest BCUT2D eigenvalue weighted by atomic mass is 9.44. The van der Waals surface area contributed by atoms with Crippen LogP contribution in [0.1, 0.15) is 77.6 Å². The molecular weight excluding hydrogens is 779 g/mol. The zero-order valence-corrected chi connectivity index (χ0v) is 37.6. The van der Waals surface area contributed by atoms with Gasteiger partial charge in [0.05, 0.1) is 5.69 Å². The van der Waals surface area contributed by atoms with Crippen molar-refractivity contribution in [1.82, 2.24) is 4.48 Å². The summed E-state index contributed by atoms with van der Waals surface area (Å²) in [5.74, 6) is 0. The van der Waals surface area contributed by atoms with Gasteiger partial charge in [-0.1, -0.05) is 122 Å². The van der Waals surface area contributed by atoms with Crippen LogP contribution >= 0.6 is 0 Å². The molecule has 308 valence electrons. The highest BCUT2D eigenvalue weighted by atomic mass is 16.3. The predicted octanol–water partition coefficient (Wildman–Crippen LogP) is 14.9. The van der Waals surface area contributed by atoms with E-state index in [1.54, 1.807) is 0 Å². The molecule has 14 rings (SSSR count). The summed E-state index contributed by atoms with van der Waals surface area (Å²) in [6.07, 6.45) is 0. The van der Waals surface area contributed by atoms with E-state index in [1.165, 1.54) is 88.6 Å². The minimum absolute atomic E-state index is 0.00454. The van der Waals surface area contributed by atoms with Crippen molar-refractivity contribution < 1.29 is 8.83 Å². The Bertz CT molecular complexity index is 3920. The van der Waals surface area contributed by atoms with Crippen LogP contribution in [-0.2, 0) is 16.2 Å². The van der Waals surface area contributed by atoms with Crippen LogP contribution < -0.4 is 15.8 Å². The molecule has 0 radical (unpaired) electrons. The van der Waals surface area contributed by atoms with Crippen LogP contribution in [0.4, 0.5) is 17.1 Å². The van der Waals surface area contributed by atoms with Gasteiger partial charge >= 0.3 is 6.85 Å². The molecule has 5 heteroatoms. The number of nitrogens with zero attached hydrogens (tertiary/aromatic N) is 2. The molecule has 0 unspecified atom stereocenters. The monoisotopic (exact) mass is 826 g/mol. The van der Waals surface area contributed by atoms with Crippen LogP contribution in [0.15, 0.2) is 148 Å². The molecular formula is C59H47BN2O2. The minimum atomic E-state index is -0.235. The van der Waals surface area contributed by atoms with Crippen molar-refractivity contribution in [3.63, 3.8) is 0 Å². The first-order chi connectivity index (χ1) is 30.8. The summed E-state index contributed by atoms with van der Waals surface area (Å²) in [4.78, 5) is 2.61. The summed E-state index contributed by atoms with van der Waals surface area (Å²) >= 11 is 0. The van der Waals surface area contributed by atoms with E-state index in [9.17, 15) is 0 Å². The van der Waals surface area contributed by atoms with Gasteiger partial charge < -0.3 is 18.2 Å². The largest absolute Gasteiger partial charge is 0.456 e. The van der Waals surface area contributed by atoms with Crippen LogP contribution in [0, 0.1) is 0 Å². The Kier molecular flexibility index (Phi) is 6.72. The number of anilines is 3. The lowest BCUT2D eigenvalue weighted by molar-refractivity contribution is 0.590. The Hall–Kier alpha value is -6.98. The molecule has 0 spiro atoms. The van der Waals surface area contributed by atoms with Gasteiger partial charge in [-0.3, -0.25) is 0 Å². The quantitative estimate of drug-likeness (QED) is 0.155. The molecule has 5 heterocycles. The van der Waals surface area contributed by atoms with Gasteiger partial charge in [0.1, 0.15) is 22.3 Å². The average molecular weight is 827 g/mol. The highest BCUT2D eigenvalue weighted by Crippen LogP contribution is 2.58. The van der Waals surface area contributed by atoms with Crippen LogP contribution in [0.3, 0.4) is 0 Å². The normalized spacial score (nSPS) is 14.9. The zero-order chi connectivity index (χ0) is 43.3. The van der Waals surface area contributed by atoms with Crippen molar-refractivity contribution in [3.8, 4) is 22.3 Å². The Labute approximate surface area is 372 Å². The van der Waals surface area contributed by atoms with E-state index in [1.807, 2.05) is 0 Å². The smallest absolute Gasteiger partial charge is 0.333 e. The van der Waals surface area contributed by atoms with Crippen molar-refractivity contribution in [2.24, 2.45) is 0 Å². The first kappa shape index (κ1) is 36.5. The molecule has 8 aromatic carbocycles. The average Bonchev–Trinajstić information content (AvgIpc) is 4.00. The van der Waals surface area contributed by atoms with Gasteiger partial charge in [-0.15, -0.1) is 0 Å². The van der Waals surface area contributed by atoms with Crippen LogP contribution in [0.5, 0.6) is 0 Å². The third-order valence-corrected chi connectivity index (χ3v) is 15.2. The van der Waals surface area contributed by atoms with Gasteiger partial charge in [0.15, 0.2) is 0 Å². The van der Waals surface area contributed by atoms with Gasteiger partial charge in [0.2, 0.25) is 0 Å². The van der Waals surface area contributed by atoms with Crippen LogP contribution in [-0.4, -0.2) is 11.3 Å². The molecule has 0 atom stereocenters. The van der Waals surface area contributed by atoms with Gasteiger partial charge in [-0.05, 0) is 128 Å². The fourth-order valence-corrected chi connectivity index (χ4v) is 12.0. The molecule has 0 fully saturated rings. The van der Waals surface area contributed by atoms with Crippen molar-refractivity contribution in [1.29, 1.82) is 0 Å². The Morgan fingerprint density at radius 3 is 1.91 bits per heavy atom. The van der Waals surface area contributed by atoms with E-state index in [4.69, 9.17) is 8.83 Å². The fourth-order valence-electron chi connectivity index (χ4n) is 12.0. The molecule has 11 aromatic rings. The lowest BCUT2D eigenvalue weighted by Crippen LogP contribution is -2.57. The minimum Gasteiger partial charge on any atom is -0.456 e. The van der Waals surface area contributed by atoms with Gasteiger partial charge in [0, 0.05) is 71.3 Å². The topological polar surface area (TPSA) is 34.5 Å². The Morgan fingerprint density at radius 1 is 0.500 bits per heavy atom. The van der Waals surface area contributed by atoms with Crippen molar-refractivity contribution in [3.05, 3.63) is 162 Å². The number of hydrogen-bond donors (Lipinski definition) is 0. The maximum absolute atomic E-state index is 6.81. The number of para-hydroxylation sites is 2. The predicted molar refractivity (Wildman–Crippen MR) is 270 cm³/mol. The zero-order valence-electron chi connectivity index (χ0n) is 37.6. The summed E-state index contributed by atoms with van der Waals surface area (Å²) in [5, 5.41) is 7.12. The SMILES string of the molecule is CC(C)(C)c1ccc2c(c1)c1cc(C(C)(C)C)cc3c1n2B1c2cc4oc5ccccc5c4cc2N(c2ccc4oc5ccccc5c4c2)c2c1c-3cc1c2-c2ccccc2C1(C)C. The molecule has 3 aromatic heterocycles. The second-order valence-electron chi connectivity index (χ2n) is 21.3. The van der Waals surface area contributed by atoms with Gasteiger partial charge in [-0.25, -0.2) is 0 Å². The highest BCUT2D eigenvalue weighted by Gasteiger charge is 2.49. The summed E-state index contributed by atoms with van der Waals surface area (Å²) in [6.45, 7) is 18.8. The van der Waals surface area contributed by atoms with E-state index in [-0.39, 0.29) is 23.1 Å².